The van der Waals surface area contributed by atoms with Crippen LogP contribution in [0.25, 0.3) is 0 Å². The van der Waals surface area contributed by atoms with Crippen molar-refractivity contribution >= 4 is 23.2 Å². The number of nitrogens with zero attached hydrogens (tertiary/aromatic N) is 2. The first-order chi connectivity index (χ1) is 14.1. The molecule has 0 spiro atoms. The van der Waals surface area contributed by atoms with Crippen molar-refractivity contribution in [3.63, 3.8) is 0 Å². The summed E-state index contributed by atoms with van der Waals surface area (Å²) in [6.45, 7) is 6.95. The first kappa shape index (κ1) is 21.4. The van der Waals surface area contributed by atoms with E-state index in [0.29, 0.717) is 17.3 Å². The summed E-state index contributed by atoms with van der Waals surface area (Å²) in [5.41, 5.74) is 0.653. The highest BCUT2D eigenvalue weighted by Crippen LogP contribution is 2.21. The van der Waals surface area contributed by atoms with Crippen molar-refractivity contribution in [1.82, 2.24) is 9.80 Å². The van der Waals surface area contributed by atoms with E-state index >= 15 is 0 Å². The SMILES string of the molecule is COc1ccc(OCCN2CCN(C(C)C(=O)Nc3ccccc3Cl)CC2)cc1. The fourth-order valence-corrected chi connectivity index (χ4v) is 3.49. The van der Waals surface area contributed by atoms with Gasteiger partial charge < -0.3 is 14.8 Å². The first-order valence-electron chi connectivity index (χ1n) is 9.85. The minimum atomic E-state index is -0.205. The van der Waals surface area contributed by atoms with Crippen LogP contribution in [-0.2, 0) is 4.79 Å². The van der Waals surface area contributed by atoms with Crippen molar-refractivity contribution in [2.24, 2.45) is 0 Å². The monoisotopic (exact) mass is 417 g/mol. The van der Waals surface area contributed by atoms with Crippen LogP contribution in [0.4, 0.5) is 5.69 Å². The van der Waals surface area contributed by atoms with Gasteiger partial charge in [-0.05, 0) is 43.3 Å². The van der Waals surface area contributed by atoms with Gasteiger partial charge in [-0.1, -0.05) is 23.7 Å². The summed E-state index contributed by atoms with van der Waals surface area (Å²) in [5.74, 6) is 1.63. The molecule has 2 aromatic rings. The van der Waals surface area contributed by atoms with Crippen molar-refractivity contribution in [2.75, 3.05) is 51.8 Å². The van der Waals surface area contributed by atoms with Gasteiger partial charge >= 0.3 is 0 Å². The number of amides is 1. The maximum absolute atomic E-state index is 12.6. The molecule has 29 heavy (non-hydrogen) atoms. The standard InChI is InChI=1S/C22H28ClN3O3/c1-17(22(27)24-21-6-4-3-5-20(21)23)26-13-11-25(12-14-26)15-16-29-19-9-7-18(28-2)8-10-19/h3-10,17H,11-16H2,1-2H3,(H,24,27). The zero-order valence-electron chi connectivity index (χ0n) is 16.9. The Labute approximate surface area is 177 Å². The molecule has 0 saturated carbocycles. The molecule has 2 aromatic carbocycles. The second-order valence-electron chi connectivity index (χ2n) is 7.05. The van der Waals surface area contributed by atoms with E-state index in [1.54, 1.807) is 13.2 Å². The molecule has 3 rings (SSSR count). The zero-order valence-corrected chi connectivity index (χ0v) is 17.7. The fourth-order valence-electron chi connectivity index (χ4n) is 3.30. The largest absolute Gasteiger partial charge is 0.497 e. The number of benzene rings is 2. The Kier molecular flexibility index (Phi) is 7.75. The summed E-state index contributed by atoms with van der Waals surface area (Å²) in [7, 11) is 1.65. The van der Waals surface area contributed by atoms with E-state index in [4.69, 9.17) is 21.1 Å². The molecule has 0 radical (unpaired) electrons. The van der Waals surface area contributed by atoms with Gasteiger partial charge in [0.25, 0.3) is 0 Å². The Bertz CT molecular complexity index is 792. The van der Waals surface area contributed by atoms with Gasteiger partial charge in [-0.15, -0.1) is 0 Å². The summed E-state index contributed by atoms with van der Waals surface area (Å²) in [6, 6.07) is 14.7. The molecule has 0 aliphatic carbocycles. The minimum absolute atomic E-state index is 0.0330. The maximum Gasteiger partial charge on any atom is 0.241 e. The van der Waals surface area contributed by atoms with E-state index in [1.165, 1.54) is 0 Å². The van der Waals surface area contributed by atoms with Gasteiger partial charge in [0.05, 0.1) is 23.9 Å². The fraction of sp³-hybridized carbons (Fsp3) is 0.409. The van der Waals surface area contributed by atoms with Crippen LogP contribution in [0, 0.1) is 0 Å². The lowest BCUT2D eigenvalue weighted by atomic mass is 10.2. The van der Waals surface area contributed by atoms with Crippen LogP contribution < -0.4 is 14.8 Å². The lowest BCUT2D eigenvalue weighted by Gasteiger charge is -2.37. The number of hydrogen-bond acceptors (Lipinski definition) is 5. The number of ether oxygens (including phenoxy) is 2. The van der Waals surface area contributed by atoms with Gasteiger partial charge in [0, 0.05) is 32.7 Å². The Morgan fingerprint density at radius 3 is 2.38 bits per heavy atom. The van der Waals surface area contributed by atoms with E-state index in [9.17, 15) is 4.79 Å². The van der Waals surface area contributed by atoms with Gasteiger partial charge in [0.1, 0.15) is 18.1 Å². The Morgan fingerprint density at radius 1 is 1.07 bits per heavy atom. The Morgan fingerprint density at radius 2 is 1.72 bits per heavy atom. The molecule has 1 aliphatic heterocycles. The van der Waals surface area contributed by atoms with Crippen LogP contribution >= 0.6 is 11.6 Å². The molecule has 1 saturated heterocycles. The second-order valence-corrected chi connectivity index (χ2v) is 7.45. The van der Waals surface area contributed by atoms with E-state index in [0.717, 1.165) is 44.2 Å². The number of methoxy groups -OCH3 is 1. The number of rotatable bonds is 8. The third kappa shape index (κ3) is 6.10. The molecule has 156 valence electrons. The lowest BCUT2D eigenvalue weighted by molar-refractivity contribution is -0.121. The molecule has 1 atom stereocenters. The normalized spacial score (nSPS) is 16.2. The number of anilines is 1. The third-order valence-electron chi connectivity index (χ3n) is 5.20. The van der Waals surface area contributed by atoms with Gasteiger partial charge in [-0.3, -0.25) is 14.6 Å². The van der Waals surface area contributed by atoms with Gasteiger partial charge in [0.2, 0.25) is 5.91 Å². The number of halogens is 1. The van der Waals surface area contributed by atoms with Crippen molar-refractivity contribution in [3.05, 3.63) is 53.6 Å². The molecule has 1 amide bonds. The molecular formula is C22H28ClN3O3. The molecule has 1 heterocycles. The average molecular weight is 418 g/mol. The highest BCUT2D eigenvalue weighted by Gasteiger charge is 2.25. The summed E-state index contributed by atoms with van der Waals surface area (Å²) in [5, 5.41) is 3.47. The van der Waals surface area contributed by atoms with Crippen molar-refractivity contribution in [3.8, 4) is 11.5 Å². The molecule has 6 nitrogen and oxygen atoms in total. The summed E-state index contributed by atoms with van der Waals surface area (Å²) in [6.07, 6.45) is 0. The smallest absolute Gasteiger partial charge is 0.241 e. The van der Waals surface area contributed by atoms with Crippen LogP contribution in [0.1, 0.15) is 6.92 Å². The van der Waals surface area contributed by atoms with E-state index in [1.807, 2.05) is 49.4 Å². The molecule has 1 aliphatic rings. The summed E-state index contributed by atoms with van der Waals surface area (Å²) >= 11 is 6.13. The number of hydrogen-bond donors (Lipinski definition) is 1. The van der Waals surface area contributed by atoms with Gasteiger partial charge in [0.15, 0.2) is 0 Å². The van der Waals surface area contributed by atoms with Crippen molar-refractivity contribution in [2.45, 2.75) is 13.0 Å². The number of nitrogens with one attached hydrogen (secondary N) is 1. The predicted octanol–water partition coefficient (Wildman–Crippen LogP) is 3.37. The summed E-state index contributed by atoms with van der Waals surface area (Å²) < 4.78 is 11.0. The highest BCUT2D eigenvalue weighted by atomic mass is 35.5. The molecule has 1 fully saturated rings. The van der Waals surface area contributed by atoms with Gasteiger partial charge in [-0.25, -0.2) is 0 Å². The Balaban J connectivity index is 1.39. The lowest BCUT2D eigenvalue weighted by Crippen LogP contribution is -2.53. The van der Waals surface area contributed by atoms with Crippen LogP contribution in [0.2, 0.25) is 5.02 Å². The quantitative estimate of drug-likeness (QED) is 0.713. The average Bonchev–Trinajstić information content (AvgIpc) is 2.76. The molecule has 7 heteroatoms. The van der Waals surface area contributed by atoms with E-state index in [2.05, 4.69) is 15.1 Å². The summed E-state index contributed by atoms with van der Waals surface area (Å²) in [4.78, 5) is 17.1. The van der Waals surface area contributed by atoms with Crippen molar-refractivity contribution in [1.29, 1.82) is 0 Å². The number of carbonyl (C=O) groups is 1. The second kappa shape index (κ2) is 10.5. The molecular weight excluding hydrogens is 390 g/mol. The number of piperazine rings is 1. The van der Waals surface area contributed by atoms with Gasteiger partial charge in [-0.2, -0.15) is 0 Å². The van der Waals surface area contributed by atoms with E-state index in [-0.39, 0.29) is 11.9 Å². The van der Waals surface area contributed by atoms with Crippen LogP contribution in [0.3, 0.4) is 0 Å². The topological polar surface area (TPSA) is 54.0 Å². The molecule has 0 bridgehead atoms. The third-order valence-corrected chi connectivity index (χ3v) is 5.53. The first-order valence-corrected chi connectivity index (χ1v) is 10.2. The van der Waals surface area contributed by atoms with E-state index < -0.39 is 0 Å². The minimum Gasteiger partial charge on any atom is -0.497 e. The zero-order chi connectivity index (χ0) is 20.6. The van der Waals surface area contributed by atoms with Crippen LogP contribution in [-0.4, -0.2) is 68.2 Å². The molecule has 1 N–H and O–H groups in total. The number of para-hydroxylation sites is 1. The van der Waals surface area contributed by atoms with Crippen LogP contribution in [0.5, 0.6) is 11.5 Å². The maximum atomic E-state index is 12.6. The number of carbonyl (C=O) groups excluding carboxylic acids is 1. The van der Waals surface area contributed by atoms with Crippen molar-refractivity contribution < 1.29 is 14.3 Å². The molecule has 1 unspecified atom stereocenters. The predicted molar refractivity (Wildman–Crippen MR) is 116 cm³/mol. The Hall–Kier alpha value is -2.28. The van der Waals surface area contributed by atoms with Crippen LogP contribution in [0.15, 0.2) is 48.5 Å². The molecule has 0 aromatic heterocycles. The highest BCUT2D eigenvalue weighted by molar-refractivity contribution is 6.33.